The van der Waals surface area contributed by atoms with E-state index in [2.05, 4.69) is 5.10 Å². The molecule has 3 aromatic carbocycles. The summed E-state index contributed by atoms with van der Waals surface area (Å²) in [6.45, 7) is -1.58. The highest BCUT2D eigenvalue weighted by Crippen LogP contribution is 2.34. The summed E-state index contributed by atoms with van der Waals surface area (Å²) in [6, 6.07) is 16.2. The lowest BCUT2D eigenvalue weighted by molar-refractivity contribution is -0.207. The van der Waals surface area contributed by atoms with Crippen LogP contribution in [-0.4, -0.2) is 36.8 Å². The second-order valence-electron chi connectivity index (χ2n) is 8.18. The molecule has 194 valence electrons. The topological polar surface area (TPSA) is 80.3 Å². The third-order valence-electron chi connectivity index (χ3n) is 5.72. The quantitative estimate of drug-likeness (QED) is 0.293. The van der Waals surface area contributed by atoms with Crippen molar-refractivity contribution in [2.75, 3.05) is 0 Å². The van der Waals surface area contributed by atoms with Crippen molar-refractivity contribution in [3.8, 4) is 22.5 Å². The summed E-state index contributed by atoms with van der Waals surface area (Å²) in [5.41, 5.74) is 1.69. The van der Waals surface area contributed by atoms with Gasteiger partial charge >= 0.3 is 11.9 Å². The van der Waals surface area contributed by atoms with Crippen LogP contribution in [0, 0.1) is 0 Å². The van der Waals surface area contributed by atoms with Crippen LogP contribution in [0.4, 0.5) is 13.2 Å². The Morgan fingerprint density at radius 2 is 1.62 bits per heavy atom. The molecule has 0 aliphatic rings. The second kappa shape index (κ2) is 10.9. The molecular weight excluding hydrogens is 554 g/mol. The number of benzene rings is 3. The summed E-state index contributed by atoms with van der Waals surface area (Å²) in [5.74, 6) is -0.0791. The van der Waals surface area contributed by atoms with Crippen molar-refractivity contribution in [3.63, 3.8) is 0 Å². The normalized spacial score (nSPS) is 12.6. The van der Waals surface area contributed by atoms with Gasteiger partial charge in [-0.15, -0.1) is 5.10 Å². The van der Waals surface area contributed by atoms with E-state index in [1.807, 2.05) is 0 Å². The number of nitrogens with zero attached hydrogens (tertiary/aromatic N) is 3. The second-order valence-corrected chi connectivity index (χ2v) is 9.40. The smallest absolute Gasteiger partial charge is 0.392 e. The van der Waals surface area contributed by atoms with E-state index >= 15 is 0 Å². The Balaban J connectivity index is 1.80. The summed E-state index contributed by atoms with van der Waals surface area (Å²) in [7, 11) is 0. The first-order valence-corrected chi connectivity index (χ1v) is 12.0. The molecule has 0 radical (unpaired) electrons. The van der Waals surface area contributed by atoms with E-state index in [4.69, 9.17) is 34.8 Å². The minimum Gasteiger partial charge on any atom is -0.392 e. The lowest BCUT2D eigenvalue weighted by Gasteiger charge is -2.15. The third-order valence-corrected chi connectivity index (χ3v) is 6.79. The van der Waals surface area contributed by atoms with Crippen molar-refractivity contribution in [3.05, 3.63) is 97.3 Å². The zero-order valence-corrected chi connectivity index (χ0v) is 21.2. The predicted molar refractivity (Wildman–Crippen MR) is 136 cm³/mol. The predicted octanol–water partition coefficient (Wildman–Crippen LogP) is 5.80. The van der Waals surface area contributed by atoms with Crippen LogP contribution in [0.15, 0.2) is 65.5 Å². The molecule has 1 unspecified atom stereocenters. The van der Waals surface area contributed by atoms with Gasteiger partial charge in [-0.3, -0.25) is 4.57 Å². The Kier molecular flexibility index (Phi) is 8.01. The molecule has 1 aromatic heterocycles. The van der Waals surface area contributed by atoms with Gasteiger partial charge in [0.25, 0.3) is 0 Å². The number of aliphatic hydroxyl groups is 2. The Bertz CT molecular complexity index is 1480. The van der Waals surface area contributed by atoms with Gasteiger partial charge < -0.3 is 10.2 Å². The van der Waals surface area contributed by atoms with Gasteiger partial charge in [0.15, 0.2) is 11.9 Å². The third kappa shape index (κ3) is 5.86. The molecule has 0 fully saturated rings. The van der Waals surface area contributed by atoms with Crippen molar-refractivity contribution in [2.24, 2.45) is 0 Å². The van der Waals surface area contributed by atoms with E-state index < -0.39 is 24.5 Å². The standard InChI is InChI=1S/C25H19Cl3F3N3O3/c26-18-8-6-14(7-9-18)23-32-34(24(37)33(23)12-21(36)25(29,30)31)11-17-10-15(4-5-16(17)13-35)19-2-1-3-20(27)22(19)28/h1-10,21,35-36H,11-13H2. The lowest BCUT2D eigenvalue weighted by atomic mass is 9.99. The number of halogens is 6. The molecule has 4 rings (SSSR count). The number of hydrogen-bond donors (Lipinski definition) is 2. The van der Waals surface area contributed by atoms with Gasteiger partial charge in [0, 0.05) is 16.1 Å². The fourth-order valence-electron chi connectivity index (χ4n) is 3.78. The number of hydrogen-bond acceptors (Lipinski definition) is 4. The Hall–Kier alpha value is -2.82. The fourth-order valence-corrected chi connectivity index (χ4v) is 4.32. The van der Waals surface area contributed by atoms with Gasteiger partial charge in [0.1, 0.15) is 0 Å². The zero-order chi connectivity index (χ0) is 26.9. The average molecular weight is 573 g/mol. The lowest BCUT2D eigenvalue weighted by Crippen LogP contribution is -2.37. The van der Waals surface area contributed by atoms with Crippen LogP contribution >= 0.6 is 34.8 Å². The van der Waals surface area contributed by atoms with E-state index in [-0.39, 0.29) is 19.0 Å². The molecule has 0 spiro atoms. The Morgan fingerprint density at radius 3 is 2.27 bits per heavy atom. The Labute approximate surface area is 224 Å². The fraction of sp³-hybridized carbons (Fsp3) is 0.200. The summed E-state index contributed by atoms with van der Waals surface area (Å²) in [4.78, 5) is 13.2. The maximum absolute atomic E-state index is 13.2. The first kappa shape index (κ1) is 27.2. The molecule has 0 aliphatic carbocycles. The molecule has 1 atom stereocenters. The molecule has 6 nitrogen and oxygen atoms in total. The van der Waals surface area contributed by atoms with E-state index in [1.54, 1.807) is 36.4 Å². The van der Waals surface area contributed by atoms with E-state index in [1.165, 1.54) is 24.3 Å². The van der Waals surface area contributed by atoms with Gasteiger partial charge in [0.2, 0.25) is 0 Å². The highest BCUT2D eigenvalue weighted by Gasteiger charge is 2.39. The molecule has 0 saturated heterocycles. The minimum absolute atomic E-state index is 0.0791. The largest absolute Gasteiger partial charge is 0.416 e. The molecule has 0 saturated carbocycles. The zero-order valence-electron chi connectivity index (χ0n) is 18.9. The van der Waals surface area contributed by atoms with E-state index in [0.717, 1.165) is 9.25 Å². The van der Waals surface area contributed by atoms with Crippen LogP contribution in [0.5, 0.6) is 0 Å². The number of aromatic nitrogens is 3. The molecular formula is C25H19Cl3F3N3O3. The molecule has 1 heterocycles. The molecule has 2 N–H and O–H groups in total. The van der Waals surface area contributed by atoms with E-state index in [0.29, 0.717) is 42.9 Å². The molecule has 0 bridgehead atoms. The van der Waals surface area contributed by atoms with Crippen LogP contribution in [-0.2, 0) is 19.7 Å². The van der Waals surface area contributed by atoms with Gasteiger partial charge in [0.05, 0.1) is 29.7 Å². The first-order valence-electron chi connectivity index (χ1n) is 10.8. The van der Waals surface area contributed by atoms with Gasteiger partial charge in [-0.2, -0.15) is 13.2 Å². The van der Waals surface area contributed by atoms with Gasteiger partial charge in [-0.05, 0) is 53.1 Å². The number of aliphatic hydroxyl groups excluding tert-OH is 2. The summed E-state index contributed by atoms with van der Waals surface area (Å²) >= 11 is 18.4. The van der Waals surface area contributed by atoms with Crippen LogP contribution < -0.4 is 5.69 Å². The summed E-state index contributed by atoms with van der Waals surface area (Å²) in [5, 5.41) is 24.9. The highest BCUT2D eigenvalue weighted by molar-refractivity contribution is 6.43. The highest BCUT2D eigenvalue weighted by atomic mass is 35.5. The number of rotatable bonds is 7. The van der Waals surface area contributed by atoms with Crippen molar-refractivity contribution >= 4 is 34.8 Å². The van der Waals surface area contributed by atoms with Gasteiger partial charge in [-0.25, -0.2) is 9.48 Å². The maximum Gasteiger partial charge on any atom is 0.416 e. The summed E-state index contributed by atoms with van der Waals surface area (Å²) in [6.07, 6.45) is -7.72. The maximum atomic E-state index is 13.2. The van der Waals surface area contributed by atoms with Crippen molar-refractivity contribution in [1.29, 1.82) is 0 Å². The molecule has 12 heteroatoms. The summed E-state index contributed by atoms with van der Waals surface area (Å²) < 4.78 is 41.1. The molecule has 37 heavy (non-hydrogen) atoms. The molecule has 0 amide bonds. The molecule has 4 aromatic rings. The van der Waals surface area contributed by atoms with Crippen molar-refractivity contribution < 1.29 is 23.4 Å². The van der Waals surface area contributed by atoms with Crippen LogP contribution in [0.1, 0.15) is 11.1 Å². The SMILES string of the molecule is O=c1n(Cc2cc(-c3cccc(Cl)c3Cl)ccc2CO)nc(-c2ccc(Cl)cc2)n1CC(O)C(F)(F)F. The van der Waals surface area contributed by atoms with Crippen molar-refractivity contribution in [2.45, 2.75) is 32.0 Å². The van der Waals surface area contributed by atoms with Crippen LogP contribution in [0.3, 0.4) is 0 Å². The van der Waals surface area contributed by atoms with Crippen LogP contribution in [0.2, 0.25) is 15.1 Å². The minimum atomic E-state index is -4.94. The first-order chi connectivity index (χ1) is 17.5. The molecule has 0 aliphatic heterocycles. The van der Waals surface area contributed by atoms with Gasteiger partial charge in [-0.1, -0.05) is 59.1 Å². The Morgan fingerprint density at radius 1 is 0.946 bits per heavy atom. The van der Waals surface area contributed by atoms with Crippen LogP contribution in [0.25, 0.3) is 22.5 Å². The van der Waals surface area contributed by atoms with Crippen molar-refractivity contribution in [1.82, 2.24) is 14.3 Å². The average Bonchev–Trinajstić information content (AvgIpc) is 3.15. The van der Waals surface area contributed by atoms with E-state index in [9.17, 15) is 28.2 Å². The number of alkyl halides is 3. The monoisotopic (exact) mass is 571 g/mol.